The van der Waals surface area contributed by atoms with Gasteiger partial charge in [-0.1, -0.05) is 23.2 Å². The van der Waals surface area contributed by atoms with Gasteiger partial charge in [0, 0.05) is 32.2 Å². The van der Waals surface area contributed by atoms with E-state index in [-0.39, 0.29) is 23.1 Å². The zero-order valence-electron chi connectivity index (χ0n) is 18.5. The van der Waals surface area contributed by atoms with Crippen LogP contribution in [0.25, 0.3) is 11.0 Å². The second-order valence-electron chi connectivity index (χ2n) is 8.32. The molecule has 1 fully saturated rings. The van der Waals surface area contributed by atoms with E-state index in [1.807, 2.05) is 4.90 Å². The van der Waals surface area contributed by atoms with Crippen LogP contribution in [0.3, 0.4) is 0 Å². The third-order valence-corrected chi connectivity index (χ3v) is 7.87. The van der Waals surface area contributed by atoms with Crippen molar-refractivity contribution in [3.8, 4) is 5.75 Å². The fourth-order valence-corrected chi connectivity index (χ4v) is 5.25. The highest BCUT2D eigenvalue weighted by atomic mass is 35.5. The van der Waals surface area contributed by atoms with Gasteiger partial charge in [-0.05, 0) is 43.2 Å². The van der Waals surface area contributed by atoms with Crippen LogP contribution in [0, 0.1) is 0 Å². The van der Waals surface area contributed by atoms with Gasteiger partial charge < -0.3 is 24.7 Å². The van der Waals surface area contributed by atoms with Crippen molar-refractivity contribution < 1.29 is 18.3 Å². The zero-order valence-corrected chi connectivity index (χ0v) is 20.8. The van der Waals surface area contributed by atoms with Gasteiger partial charge in [0.25, 0.3) is 0 Å². The Kier molecular flexibility index (Phi) is 7.84. The molecule has 0 radical (unpaired) electrons. The Labute approximate surface area is 210 Å². The molecule has 1 saturated heterocycles. The molecular formula is C22H24Cl2N4O6S. The summed E-state index contributed by atoms with van der Waals surface area (Å²) < 4.78 is 33.7. The lowest BCUT2D eigenvalue weighted by molar-refractivity contribution is 0.0630. The van der Waals surface area contributed by atoms with Crippen LogP contribution >= 0.6 is 23.2 Å². The van der Waals surface area contributed by atoms with Gasteiger partial charge in [-0.15, -0.1) is 0 Å². The summed E-state index contributed by atoms with van der Waals surface area (Å²) in [5, 5.41) is 11.3. The van der Waals surface area contributed by atoms with Crippen molar-refractivity contribution in [2.45, 2.75) is 29.9 Å². The first-order valence-electron chi connectivity index (χ1n) is 10.9. The van der Waals surface area contributed by atoms with Crippen molar-refractivity contribution >= 4 is 44.3 Å². The summed E-state index contributed by atoms with van der Waals surface area (Å²) in [6.07, 6.45) is 0.578. The minimum Gasteiger partial charge on any atom is -0.490 e. The first kappa shape index (κ1) is 25.7. The largest absolute Gasteiger partial charge is 0.490 e. The number of aliphatic hydroxyl groups excluding tert-OH is 1. The van der Waals surface area contributed by atoms with Crippen molar-refractivity contribution in [2.75, 3.05) is 26.2 Å². The summed E-state index contributed by atoms with van der Waals surface area (Å²) in [5.41, 5.74) is -1.20. The van der Waals surface area contributed by atoms with Crippen LogP contribution in [0.4, 0.5) is 0 Å². The zero-order chi connectivity index (χ0) is 25.2. The number of likely N-dealkylation sites (tertiary alicyclic amines) is 1. The summed E-state index contributed by atoms with van der Waals surface area (Å²) >= 11 is 12.0. The molecule has 0 bridgehead atoms. The number of aromatic amines is 2. The van der Waals surface area contributed by atoms with E-state index < -0.39 is 27.2 Å². The molecule has 13 heteroatoms. The number of fused-ring (bicyclic) bond motifs is 1. The smallest absolute Gasteiger partial charge is 0.314 e. The maximum Gasteiger partial charge on any atom is 0.314 e. The van der Waals surface area contributed by atoms with Crippen molar-refractivity contribution in [1.82, 2.24) is 19.6 Å². The molecule has 0 amide bonds. The number of halogens is 2. The molecule has 2 aromatic carbocycles. The van der Waals surface area contributed by atoms with Crippen LogP contribution in [0.15, 0.2) is 50.9 Å². The van der Waals surface area contributed by atoms with Crippen LogP contribution < -0.4 is 20.6 Å². The van der Waals surface area contributed by atoms with Gasteiger partial charge in [0.15, 0.2) is 0 Å². The van der Waals surface area contributed by atoms with Crippen LogP contribution in [-0.4, -0.2) is 66.8 Å². The third-order valence-electron chi connectivity index (χ3n) is 5.71. The number of sulfonamides is 1. The average Bonchev–Trinajstić information content (AvgIpc) is 2.82. The molecule has 3 aromatic rings. The highest BCUT2D eigenvalue weighted by Gasteiger charge is 2.24. The number of aromatic nitrogens is 2. The molecule has 0 saturated carbocycles. The van der Waals surface area contributed by atoms with Crippen molar-refractivity contribution in [3.05, 3.63) is 67.2 Å². The van der Waals surface area contributed by atoms with Crippen LogP contribution in [0.1, 0.15) is 12.8 Å². The highest BCUT2D eigenvalue weighted by Crippen LogP contribution is 2.28. The minimum absolute atomic E-state index is 0.00780. The summed E-state index contributed by atoms with van der Waals surface area (Å²) in [4.78, 5) is 29.6. The number of nitrogens with one attached hydrogen (secondary N) is 3. The molecule has 188 valence electrons. The van der Waals surface area contributed by atoms with Gasteiger partial charge in [-0.3, -0.25) is 9.59 Å². The lowest BCUT2D eigenvalue weighted by Crippen LogP contribution is -2.45. The predicted octanol–water partition coefficient (Wildman–Crippen LogP) is 1.71. The number of ether oxygens (including phenoxy) is 1. The summed E-state index contributed by atoms with van der Waals surface area (Å²) in [6.45, 7) is 1.49. The Morgan fingerprint density at radius 1 is 1.03 bits per heavy atom. The molecule has 10 nitrogen and oxygen atoms in total. The molecular weight excluding hydrogens is 519 g/mol. The Morgan fingerprint density at radius 2 is 1.71 bits per heavy atom. The lowest BCUT2D eigenvalue weighted by Gasteiger charge is -2.33. The molecule has 1 aliphatic heterocycles. The van der Waals surface area contributed by atoms with Crippen molar-refractivity contribution in [2.24, 2.45) is 0 Å². The van der Waals surface area contributed by atoms with Crippen LogP contribution in [-0.2, 0) is 10.0 Å². The fraction of sp³-hybridized carbons (Fsp3) is 0.364. The second-order valence-corrected chi connectivity index (χ2v) is 10.9. The Morgan fingerprint density at radius 3 is 2.40 bits per heavy atom. The van der Waals surface area contributed by atoms with Crippen LogP contribution in [0.2, 0.25) is 10.0 Å². The summed E-state index contributed by atoms with van der Waals surface area (Å²) in [6, 6.07) is 9.08. The van der Waals surface area contributed by atoms with E-state index in [1.54, 1.807) is 18.2 Å². The van der Waals surface area contributed by atoms with Gasteiger partial charge >= 0.3 is 11.1 Å². The monoisotopic (exact) mass is 542 g/mol. The molecule has 4 rings (SSSR count). The Hall–Kier alpha value is -2.41. The maximum absolute atomic E-state index is 12.7. The number of aliphatic hydroxyl groups is 1. The molecule has 1 atom stereocenters. The molecule has 2 heterocycles. The molecule has 4 N–H and O–H groups in total. The first-order valence-corrected chi connectivity index (χ1v) is 13.1. The van der Waals surface area contributed by atoms with Crippen molar-refractivity contribution in [3.63, 3.8) is 0 Å². The topological polar surface area (TPSA) is 145 Å². The lowest BCUT2D eigenvalue weighted by atomic mass is 10.1. The second kappa shape index (κ2) is 10.7. The van der Waals surface area contributed by atoms with Crippen LogP contribution in [0.5, 0.6) is 5.75 Å². The summed E-state index contributed by atoms with van der Waals surface area (Å²) in [5.74, 6) is 0.649. The number of rotatable bonds is 8. The third kappa shape index (κ3) is 6.43. The average molecular weight is 543 g/mol. The van der Waals surface area contributed by atoms with E-state index in [1.165, 1.54) is 18.2 Å². The standard InChI is InChI=1S/C22H24Cl2N4O6S/c23-17-3-1-15(9-18(17)24)34-14-5-7-28(8-6-14)12-13(29)11-25-35(32,33)16-2-4-19-20(10-16)27-22(31)21(30)26-19/h1-4,9-10,13-14,25,29H,5-8,11-12H2,(H,26,30)(H,27,31)/t13-/m1/s1. The number of nitrogens with zero attached hydrogens (tertiary/aromatic N) is 1. The molecule has 35 heavy (non-hydrogen) atoms. The maximum atomic E-state index is 12.7. The number of piperidine rings is 1. The van der Waals surface area contributed by atoms with E-state index in [9.17, 15) is 23.1 Å². The van der Waals surface area contributed by atoms with Crippen molar-refractivity contribution in [1.29, 1.82) is 0 Å². The van der Waals surface area contributed by atoms with E-state index in [0.717, 1.165) is 12.8 Å². The number of benzene rings is 2. The Balaban J connectivity index is 1.27. The van der Waals surface area contributed by atoms with E-state index in [4.69, 9.17) is 27.9 Å². The quantitative estimate of drug-likeness (QED) is 0.317. The number of β-amino-alcohol motifs (C(OH)–C–C–N with tert-alkyl or cyclic N) is 1. The highest BCUT2D eigenvalue weighted by molar-refractivity contribution is 7.89. The van der Waals surface area contributed by atoms with E-state index >= 15 is 0 Å². The number of H-pyrrole nitrogens is 2. The fourth-order valence-electron chi connectivity index (χ4n) is 3.87. The van der Waals surface area contributed by atoms with Gasteiger partial charge in [0.2, 0.25) is 10.0 Å². The molecule has 0 aliphatic carbocycles. The first-order chi connectivity index (χ1) is 16.6. The van der Waals surface area contributed by atoms with Gasteiger partial charge in [0.05, 0.1) is 32.1 Å². The van der Waals surface area contributed by atoms with E-state index in [2.05, 4.69) is 14.7 Å². The van der Waals surface area contributed by atoms with E-state index in [0.29, 0.717) is 40.9 Å². The number of hydrogen-bond donors (Lipinski definition) is 4. The molecule has 0 unspecified atom stereocenters. The van der Waals surface area contributed by atoms with Gasteiger partial charge in [-0.2, -0.15) is 0 Å². The van der Waals surface area contributed by atoms with Gasteiger partial charge in [0.1, 0.15) is 11.9 Å². The summed E-state index contributed by atoms with van der Waals surface area (Å²) in [7, 11) is -3.94. The minimum atomic E-state index is -3.94. The molecule has 1 aliphatic rings. The SMILES string of the molecule is O=c1[nH]c2ccc(S(=O)(=O)NC[C@@H](O)CN3CCC(Oc4ccc(Cl)c(Cl)c4)CC3)cc2[nH]c1=O. The molecule has 1 aromatic heterocycles. The molecule has 0 spiro atoms. The number of hydrogen-bond acceptors (Lipinski definition) is 7. The Bertz CT molecular complexity index is 1430. The van der Waals surface area contributed by atoms with Gasteiger partial charge in [-0.25, -0.2) is 13.1 Å². The predicted molar refractivity (Wildman–Crippen MR) is 133 cm³/mol. The normalized spacial score (nSPS) is 16.4.